The molecule has 0 aromatic carbocycles. The molecular formula is C10H18N2O. The summed E-state index contributed by atoms with van der Waals surface area (Å²) in [6, 6.07) is 0.566. The van der Waals surface area contributed by atoms with Crippen LogP contribution in [-0.2, 0) is 4.74 Å². The Morgan fingerprint density at radius 3 is 3.23 bits per heavy atom. The van der Waals surface area contributed by atoms with Gasteiger partial charge < -0.3 is 4.74 Å². The van der Waals surface area contributed by atoms with Crippen molar-refractivity contribution in [2.24, 2.45) is 11.0 Å². The predicted molar refractivity (Wildman–Crippen MR) is 52.6 cm³/mol. The quantitative estimate of drug-likeness (QED) is 0.651. The van der Waals surface area contributed by atoms with Gasteiger partial charge in [-0.2, -0.15) is 0 Å². The molecule has 0 N–H and O–H groups in total. The lowest BCUT2D eigenvalue weighted by molar-refractivity contribution is 0.126. The lowest BCUT2D eigenvalue weighted by Gasteiger charge is -2.28. The molecule has 2 aliphatic rings. The van der Waals surface area contributed by atoms with E-state index in [4.69, 9.17) is 4.74 Å². The van der Waals surface area contributed by atoms with E-state index in [-0.39, 0.29) is 0 Å². The Bertz CT molecular complexity index is 213. The van der Waals surface area contributed by atoms with Gasteiger partial charge in [0.1, 0.15) is 6.61 Å². The normalized spacial score (nSPS) is 27.2. The van der Waals surface area contributed by atoms with E-state index in [0.717, 1.165) is 25.5 Å². The van der Waals surface area contributed by atoms with Crippen LogP contribution < -0.4 is 0 Å². The van der Waals surface area contributed by atoms with Crippen LogP contribution in [0.3, 0.4) is 0 Å². The van der Waals surface area contributed by atoms with Crippen molar-refractivity contribution in [3.8, 4) is 0 Å². The zero-order chi connectivity index (χ0) is 9.26. The molecule has 0 spiro atoms. The molecule has 2 rings (SSSR count). The Morgan fingerprint density at radius 1 is 1.62 bits per heavy atom. The van der Waals surface area contributed by atoms with Gasteiger partial charge in [0, 0.05) is 13.0 Å². The first-order valence-corrected chi connectivity index (χ1v) is 5.22. The molecule has 0 amide bonds. The fraction of sp³-hybridized carbons (Fsp3) is 0.900. The molecule has 2 heterocycles. The molecule has 1 fully saturated rings. The lowest BCUT2D eigenvalue weighted by atomic mass is 10.1. The van der Waals surface area contributed by atoms with Crippen LogP contribution in [0.1, 0.15) is 33.1 Å². The van der Waals surface area contributed by atoms with Gasteiger partial charge in [-0.25, -0.2) is 0 Å². The van der Waals surface area contributed by atoms with E-state index in [2.05, 4.69) is 24.0 Å². The van der Waals surface area contributed by atoms with E-state index in [1.807, 2.05) is 0 Å². The molecule has 1 saturated heterocycles. The molecule has 0 saturated carbocycles. The van der Waals surface area contributed by atoms with Gasteiger partial charge >= 0.3 is 0 Å². The molecule has 0 aromatic rings. The second-order valence-corrected chi connectivity index (χ2v) is 4.36. The molecule has 0 radical (unpaired) electrons. The first kappa shape index (κ1) is 8.85. The number of rotatable bonds is 2. The van der Waals surface area contributed by atoms with Crippen molar-refractivity contribution in [2.75, 3.05) is 13.2 Å². The molecule has 1 atom stereocenters. The van der Waals surface area contributed by atoms with E-state index in [0.29, 0.717) is 12.0 Å². The van der Waals surface area contributed by atoms with E-state index >= 15 is 0 Å². The van der Waals surface area contributed by atoms with E-state index in [9.17, 15) is 0 Å². The van der Waals surface area contributed by atoms with Crippen LogP contribution in [0.25, 0.3) is 0 Å². The summed E-state index contributed by atoms with van der Waals surface area (Å²) >= 11 is 0. The fourth-order valence-electron chi connectivity index (χ4n) is 1.94. The summed E-state index contributed by atoms with van der Waals surface area (Å²) in [6.07, 6.45) is 3.49. The Balaban J connectivity index is 1.98. The highest BCUT2D eigenvalue weighted by Crippen LogP contribution is 2.22. The Kier molecular flexibility index (Phi) is 2.42. The Labute approximate surface area is 79.8 Å². The second-order valence-electron chi connectivity index (χ2n) is 4.36. The van der Waals surface area contributed by atoms with E-state index < -0.39 is 0 Å². The Morgan fingerprint density at radius 2 is 2.46 bits per heavy atom. The fourth-order valence-corrected chi connectivity index (χ4v) is 1.94. The molecule has 1 unspecified atom stereocenters. The standard InChI is InChI=1S/C10H18N2O/c1-8(2)6-10-11-12-5-3-4-9(12)7-13-10/h8-9H,3-7H2,1-2H3. The molecule has 3 nitrogen and oxygen atoms in total. The molecule has 74 valence electrons. The summed E-state index contributed by atoms with van der Waals surface area (Å²) in [6.45, 7) is 6.37. The van der Waals surface area contributed by atoms with Crippen LogP contribution in [0.5, 0.6) is 0 Å². The highest BCUT2D eigenvalue weighted by molar-refractivity contribution is 5.76. The maximum absolute atomic E-state index is 5.61. The smallest absolute Gasteiger partial charge is 0.206 e. The lowest BCUT2D eigenvalue weighted by Crippen LogP contribution is -2.36. The first-order valence-electron chi connectivity index (χ1n) is 5.22. The average molecular weight is 182 g/mol. The third-order valence-electron chi connectivity index (χ3n) is 2.61. The van der Waals surface area contributed by atoms with Gasteiger partial charge in [-0.1, -0.05) is 13.8 Å². The molecule has 0 bridgehead atoms. The van der Waals surface area contributed by atoms with Gasteiger partial charge in [-0.05, 0) is 18.8 Å². The number of hydrogen-bond acceptors (Lipinski definition) is 3. The van der Waals surface area contributed by atoms with E-state index in [1.54, 1.807) is 0 Å². The van der Waals surface area contributed by atoms with Crippen molar-refractivity contribution in [1.82, 2.24) is 5.01 Å². The van der Waals surface area contributed by atoms with Crippen molar-refractivity contribution in [2.45, 2.75) is 39.2 Å². The van der Waals surface area contributed by atoms with Crippen LogP contribution in [-0.4, -0.2) is 30.1 Å². The van der Waals surface area contributed by atoms with Gasteiger partial charge in [0.05, 0.1) is 6.04 Å². The van der Waals surface area contributed by atoms with E-state index in [1.165, 1.54) is 12.8 Å². The maximum atomic E-state index is 5.61. The van der Waals surface area contributed by atoms with Gasteiger partial charge in [0.25, 0.3) is 0 Å². The topological polar surface area (TPSA) is 24.8 Å². The van der Waals surface area contributed by atoms with Gasteiger partial charge in [0.15, 0.2) is 0 Å². The van der Waals surface area contributed by atoms with Crippen molar-refractivity contribution in [3.05, 3.63) is 0 Å². The minimum Gasteiger partial charge on any atom is -0.477 e. The van der Waals surface area contributed by atoms with Gasteiger partial charge in [-0.15, -0.1) is 5.10 Å². The van der Waals surface area contributed by atoms with Crippen molar-refractivity contribution >= 4 is 5.90 Å². The highest BCUT2D eigenvalue weighted by Gasteiger charge is 2.28. The molecule has 3 heteroatoms. The second kappa shape index (κ2) is 3.56. The number of hydrogen-bond donors (Lipinski definition) is 0. The monoisotopic (exact) mass is 182 g/mol. The molecule has 0 aliphatic carbocycles. The average Bonchev–Trinajstić information content (AvgIpc) is 2.49. The van der Waals surface area contributed by atoms with Crippen molar-refractivity contribution in [3.63, 3.8) is 0 Å². The van der Waals surface area contributed by atoms with Gasteiger partial charge in [0.2, 0.25) is 5.90 Å². The minimum atomic E-state index is 0.566. The summed E-state index contributed by atoms with van der Waals surface area (Å²) < 4.78 is 5.61. The van der Waals surface area contributed by atoms with Crippen LogP contribution in [0.2, 0.25) is 0 Å². The van der Waals surface area contributed by atoms with Crippen LogP contribution in [0, 0.1) is 5.92 Å². The minimum absolute atomic E-state index is 0.566. The third-order valence-corrected chi connectivity index (χ3v) is 2.61. The Hall–Kier alpha value is -0.730. The third kappa shape index (κ3) is 1.95. The van der Waals surface area contributed by atoms with Crippen molar-refractivity contribution in [1.29, 1.82) is 0 Å². The number of nitrogens with zero attached hydrogens (tertiary/aromatic N) is 2. The highest BCUT2D eigenvalue weighted by atomic mass is 16.5. The summed E-state index contributed by atoms with van der Waals surface area (Å²) in [7, 11) is 0. The van der Waals surface area contributed by atoms with Crippen molar-refractivity contribution < 1.29 is 4.74 Å². The molecule has 2 aliphatic heterocycles. The number of hydrazone groups is 1. The SMILES string of the molecule is CC(C)CC1=NN2CCCC2CO1. The maximum Gasteiger partial charge on any atom is 0.206 e. The summed E-state index contributed by atoms with van der Waals surface area (Å²) in [5, 5.41) is 6.72. The van der Waals surface area contributed by atoms with Crippen LogP contribution in [0.4, 0.5) is 0 Å². The summed E-state index contributed by atoms with van der Waals surface area (Å²) in [4.78, 5) is 0. The van der Waals surface area contributed by atoms with Crippen LogP contribution >= 0.6 is 0 Å². The molecule has 0 aromatic heterocycles. The number of fused-ring (bicyclic) bond motifs is 1. The zero-order valence-corrected chi connectivity index (χ0v) is 8.49. The summed E-state index contributed by atoms with van der Waals surface area (Å²) in [5.74, 6) is 1.58. The predicted octanol–water partition coefficient (Wildman–Crippen LogP) is 1.84. The zero-order valence-electron chi connectivity index (χ0n) is 8.49. The van der Waals surface area contributed by atoms with Crippen LogP contribution in [0.15, 0.2) is 5.10 Å². The summed E-state index contributed by atoms with van der Waals surface area (Å²) in [5.41, 5.74) is 0. The number of ether oxygens (including phenoxy) is 1. The largest absolute Gasteiger partial charge is 0.477 e. The molecule has 13 heavy (non-hydrogen) atoms. The molecular weight excluding hydrogens is 164 g/mol. The first-order chi connectivity index (χ1) is 6.25. The van der Waals surface area contributed by atoms with Gasteiger partial charge in [-0.3, -0.25) is 5.01 Å².